The summed E-state index contributed by atoms with van der Waals surface area (Å²) in [5.41, 5.74) is 5.46. The molecule has 0 atom stereocenters. The summed E-state index contributed by atoms with van der Waals surface area (Å²) in [6.07, 6.45) is 3.67. The summed E-state index contributed by atoms with van der Waals surface area (Å²) in [4.78, 5) is 0. The first-order valence-corrected chi connectivity index (χ1v) is 8.47. The Hall–Kier alpha value is -2.48. The molecule has 2 heterocycles. The maximum Gasteiger partial charge on any atom is 0.138 e. The molecule has 0 saturated carbocycles. The highest BCUT2D eigenvalue weighted by Crippen LogP contribution is 2.41. The standard InChI is InChI=1S/C22H22O2/c1-14(2)17-13-24-21-15(17)7-5-9-19(21)22(3,4)18-8-6-10-20-16(18)11-12-23-20/h5-14H,1-4H3. The van der Waals surface area contributed by atoms with Crippen LogP contribution in [0.1, 0.15) is 50.3 Å². The molecule has 2 nitrogen and oxygen atoms in total. The Morgan fingerprint density at radius 1 is 0.833 bits per heavy atom. The number of hydrogen-bond acceptors (Lipinski definition) is 2. The van der Waals surface area contributed by atoms with Crippen molar-refractivity contribution in [2.75, 3.05) is 0 Å². The van der Waals surface area contributed by atoms with Crippen molar-refractivity contribution >= 4 is 21.9 Å². The first-order chi connectivity index (χ1) is 11.5. The molecule has 2 heteroatoms. The van der Waals surface area contributed by atoms with Gasteiger partial charge in [-0.05, 0) is 23.6 Å². The lowest BCUT2D eigenvalue weighted by atomic mass is 9.76. The van der Waals surface area contributed by atoms with E-state index < -0.39 is 0 Å². The largest absolute Gasteiger partial charge is 0.464 e. The Morgan fingerprint density at radius 3 is 2.38 bits per heavy atom. The van der Waals surface area contributed by atoms with Crippen molar-refractivity contribution in [3.05, 3.63) is 71.7 Å². The van der Waals surface area contributed by atoms with Crippen LogP contribution in [0.4, 0.5) is 0 Å². The van der Waals surface area contributed by atoms with Crippen LogP contribution in [-0.2, 0) is 5.41 Å². The van der Waals surface area contributed by atoms with E-state index in [1.165, 1.54) is 22.1 Å². The van der Waals surface area contributed by atoms with Crippen molar-refractivity contribution in [3.63, 3.8) is 0 Å². The van der Waals surface area contributed by atoms with Crippen molar-refractivity contribution in [2.24, 2.45) is 0 Å². The molecule has 0 amide bonds. The molecular formula is C22H22O2. The van der Waals surface area contributed by atoms with E-state index in [-0.39, 0.29) is 5.41 Å². The Kier molecular flexibility index (Phi) is 3.31. The topological polar surface area (TPSA) is 26.3 Å². The van der Waals surface area contributed by atoms with Gasteiger partial charge in [-0.3, -0.25) is 0 Å². The molecule has 0 spiro atoms. The molecule has 0 saturated heterocycles. The van der Waals surface area contributed by atoms with E-state index in [9.17, 15) is 0 Å². The quantitative estimate of drug-likeness (QED) is 0.424. The van der Waals surface area contributed by atoms with Gasteiger partial charge in [0, 0.05) is 27.3 Å². The lowest BCUT2D eigenvalue weighted by molar-refractivity contribution is 0.578. The fourth-order valence-electron chi connectivity index (χ4n) is 3.70. The molecule has 0 aliphatic carbocycles. The van der Waals surface area contributed by atoms with Crippen LogP contribution in [-0.4, -0.2) is 0 Å². The molecule has 4 aromatic rings. The molecule has 0 bridgehead atoms. The van der Waals surface area contributed by atoms with E-state index in [1.807, 2.05) is 18.4 Å². The van der Waals surface area contributed by atoms with Crippen LogP contribution >= 0.6 is 0 Å². The molecule has 0 N–H and O–H groups in total. The smallest absolute Gasteiger partial charge is 0.138 e. The minimum absolute atomic E-state index is 0.186. The maximum absolute atomic E-state index is 6.02. The number of hydrogen-bond donors (Lipinski definition) is 0. The zero-order valence-corrected chi connectivity index (χ0v) is 14.6. The number of benzene rings is 2. The van der Waals surface area contributed by atoms with Crippen LogP contribution < -0.4 is 0 Å². The fourth-order valence-corrected chi connectivity index (χ4v) is 3.70. The third-order valence-corrected chi connectivity index (χ3v) is 5.09. The van der Waals surface area contributed by atoms with Crippen LogP contribution in [0.15, 0.2) is 63.8 Å². The Bertz CT molecular complexity index is 1010. The zero-order chi connectivity index (χ0) is 16.9. The summed E-state index contributed by atoms with van der Waals surface area (Å²) in [7, 11) is 0. The molecule has 0 fully saturated rings. The van der Waals surface area contributed by atoms with Gasteiger partial charge < -0.3 is 8.83 Å². The molecule has 24 heavy (non-hydrogen) atoms. The molecule has 4 rings (SSSR count). The van der Waals surface area contributed by atoms with Gasteiger partial charge in [0.1, 0.15) is 11.2 Å². The summed E-state index contributed by atoms with van der Waals surface area (Å²) in [5, 5.41) is 2.38. The van der Waals surface area contributed by atoms with Crippen LogP contribution in [0, 0.1) is 0 Å². The van der Waals surface area contributed by atoms with E-state index in [1.54, 1.807) is 6.26 Å². The SMILES string of the molecule is CC(C)c1coc2c(C(C)(C)c3cccc4occc34)cccc12. The molecule has 0 aliphatic rings. The predicted octanol–water partition coefficient (Wildman–Crippen LogP) is 6.63. The van der Waals surface area contributed by atoms with Crippen molar-refractivity contribution in [1.29, 1.82) is 0 Å². The van der Waals surface area contributed by atoms with Crippen LogP contribution in [0.3, 0.4) is 0 Å². The van der Waals surface area contributed by atoms with Crippen molar-refractivity contribution < 1.29 is 8.83 Å². The van der Waals surface area contributed by atoms with Gasteiger partial charge >= 0.3 is 0 Å². The van der Waals surface area contributed by atoms with E-state index in [4.69, 9.17) is 8.83 Å². The van der Waals surface area contributed by atoms with Crippen LogP contribution in [0.2, 0.25) is 0 Å². The Labute approximate surface area is 142 Å². The highest BCUT2D eigenvalue weighted by atomic mass is 16.3. The van der Waals surface area contributed by atoms with Gasteiger partial charge in [0.15, 0.2) is 0 Å². The molecule has 0 aliphatic heterocycles. The van der Waals surface area contributed by atoms with Gasteiger partial charge in [0.25, 0.3) is 0 Å². The van der Waals surface area contributed by atoms with Gasteiger partial charge in [0.2, 0.25) is 0 Å². The van der Waals surface area contributed by atoms with Gasteiger partial charge in [-0.25, -0.2) is 0 Å². The third-order valence-electron chi connectivity index (χ3n) is 5.09. The van der Waals surface area contributed by atoms with Gasteiger partial charge in [-0.1, -0.05) is 58.0 Å². The number of rotatable bonds is 3. The first-order valence-electron chi connectivity index (χ1n) is 8.47. The molecule has 2 aromatic carbocycles. The number of fused-ring (bicyclic) bond motifs is 2. The highest BCUT2D eigenvalue weighted by Gasteiger charge is 2.29. The Morgan fingerprint density at radius 2 is 1.58 bits per heavy atom. The summed E-state index contributed by atoms with van der Waals surface area (Å²) in [6, 6.07) is 14.8. The molecule has 0 unspecified atom stereocenters. The maximum atomic E-state index is 6.02. The van der Waals surface area contributed by atoms with Gasteiger partial charge in [0.05, 0.1) is 12.5 Å². The van der Waals surface area contributed by atoms with Gasteiger partial charge in [-0.2, -0.15) is 0 Å². The zero-order valence-electron chi connectivity index (χ0n) is 14.6. The summed E-state index contributed by atoms with van der Waals surface area (Å²) >= 11 is 0. The van der Waals surface area contributed by atoms with Crippen molar-refractivity contribution in [3.8, 4) is 0 Å². The lowest BCUT2D eigenvalue weighted by Crippen LogP contribution is -2.19. The average molecular weight is 318 g/mol. The van der Waals surface area contributed by atoms with E-state index in [2.05, 4.69) is 58.0 Å². The lowest BCUT2D eigenvalue weighted by Gasteiger charge is -2.27. The Balaban J connectivity index is 1.97. The summed E-state index contributed by atoms with van der Waals surface area (Å²) in [5.74, 6) is 0.446. The number of para-hydroxylation sites is 1. The third kappa shape index (κ3) is 2.10. The molecule has 122 valence electrons. The van der Waals surface area contributed by atoms with E-state index in [0.29, 0.717) is 5.92 Å². The van der Waals surface area contributed by atoms with E-state index in [0.717, 1.165) is 16.6 Å². The normalized spacial score (nSPS) is 12.5. The van der Waals surface area contributed by atoms with Crippen molar-refractivity contribution in [2.45, 2.75) is 39.0 Å². The minimum atomic E-state index is -0.186. The van der Waals surface area contributed by atoms with Gasteiger partial charge in [-0.15, -0.1) is 0 Å². The second kappa shape index (κ2) is 5.27. The average Bonchev–Trinajstić information content (AvgIpc) is 3.20. The van der Waals surface area contributed by atoms with Crippen LogP contribution in [0.25, 0.3) is 21.9 Å². The summed E-state index contributed by atoms with van der Waals surface area (Å²) in [6.45, 7) is 8.91. The minimum Gasteiger partial charge on any atom is -0.464 e. The summed E-state index contributed by atoms with van der Waals surface area (Å²) < 4.78 is 11.6. The number of furan rings is 2. The first kappa shape index (κ1) is 15.1. The molecule has 2 aromatic heterocycles. The van der Waals surface area contributed by atoms with Crippen molar-refractivity contribution in [1.82, 2.24) is 0 Å². The molecule has 0 radical (unpaired) electrons. The second-order valence-corrected chi connectivity index (χ2v) is 7.29. The highest BCUT2D eigenvalue weighted by molar-refractivity contribution is 5.88. The van der Waals surface area contributed by atoms with Crippen LogP contribution in [0.5, 0.6) is 0 Å². The fraction of sp³-hybridized carbons (Fsp3) is 0.273. The van der Waals surface area contributed by atoms with E-state index >= 15 is 0 Å². The second-order valence-electron chi connectivity index (χ2n) is 7.29. The monoisotopic (exact) mass is 318 g/mol. The molecular weight excluding hydrogens is 296 g/mol. The predicted molar refractivity (Wildman–Crippen MR) is 98.6 cm³/mol.